The normalized spacial score (nSPS) is 16.3. The fourth-order valence-corrected chi connectivity index (χ4v) is 3.70. The van der Waals surface area contributed by atoms with Crippen LogP contribution in [-0.4, -0.2) is 62.6 Å². The molecule has 162 valence electrons. The van der Waals surface area contributed by atoms with Gasteiger partial charge < -0.3 is 15.5 Å². The summed E-state index contributed by atoms with van der Waals surface area (Å²) in [5, 5.41) is 6.58. The van der Waals surface area contributed by atoms with E-state index < -0.39 is 0 Å². The molecule has 0 aromatic heterocycles. The number of nitrogens with one attached hydrogen (secondary N) is 2. The first-order valence-electron chi connectivity index (χ1n) is 10.8. The van der Waals surface area contributed by atoms with Crippen LogP contribution in [0.25, 0.3) is 0 Å². The van der Waals surface area contributed by atoms with Gasteiger partial charge >= 0.3 is 0 Å². The van der Waals surface area contributed by atoms with Crippen molar-refractivity contribution in [2.45, 2.75) is 25.9 Å². The van der Waals surface area contributed by atoms with Crippen LogP contribution >= 0.6 is 0 Å². The van der Waals surface area contributed by atoms with E-state index >= 15 is 0 Å². The molecule has 1 aliphatic heterocycles. The fourth-order valence-electron chi connectivity index (χ4n) is 3.70. The lowest BCUT2D eigenvalue weighted by molar-refractivity contribution is 0.269. The summed E-state index contributed by atoms with van der Waals surface area (Å²) in [6.07, 6.45) is 1.86. The second-order valence-electron chi connectivity index (χ2n) is 7.94. The van der Waals surface area contributed by atoms with Gasteiger partial charge in [0.05, 0.1) is 0 Å². The molecular formula is C24H34FN5. The molecule has 3 rings (SSSR count). The Kier molecular flexibility index (Phi) is 8.66. The van der Waals surface area contributed by atoms with Crippen LogP contribution in [0.5, 0.6) is 0 Å². The van der Waals surface area contributed by atoms with Crippen LogP contribution in [0.15, 0.2) is 53.5 Å². The van der Waals surface area contributed by atoms with Crippen LogP contribution in [0, 0.1) is 5.82 Å². The van der Waals surface area contributed by atoms with Crippen molar-refractivity contribution < 1.29 is 4.39 Å². The molecule has 0 unspecified atom stereocenters. The Morgan fingerprint density at radius 3 is 2.50 bits per heavy atom. The Morgan fingerprint density at radius 2 is 1.73 bits per heavy atom. The maximum absolute atomic E-state index is 13.7. The van der Waals surface area contributed by atoms with E-state index in [1.807, 2.05) is 12.1 Å². The Bertz CT molecular complexity index is 805. The molecule has 6 heteroatoms. The van der Waals surface area contributed by atoms with E-state index in [1.165, 1.54) is 36.7 Å². The van der Waals surface area contributed by atoms with Crippen molar-refractivity contribution in [1.29, 1.82) is 0 Å². The lowest BCUT2D eigenvalue weighted by Crippen LogP contribution is -2.37. The zero-order valence-corrected chi connectivity index (χ0v) is 18.2. The third-order valence-corrected chi connectivity index (χ3v) is 5.57. The highest BCUT2D eigenvalue weighted by Gasteiger charge is 2.12. The molecule has 2 aromatic rings. The molecule has 0 radical (unpaired) electrons. The van der Waals surface area contributed by atoms with Gasteiger partial charge in [0.15, 0.2) is 5.96 Å². The van der Waals surface area contributed by atoms with Gasteiger partial charge in [-0.1, -0.05) is 42.5 Å². The third kappa shape index (κ3) is 7.11. The van der Waals surface area contributed by atoms with Crippen molar-refractivity contribution in [2.75, 3.05) is 46.8 Å². The topological polar surface area (TPSA) is 42.9 Å². The zero-order chi connectivity index (χ0) is 21.2. The van der Waals surface area contributed by atoms with Gasteiger partial charge in [-0.3, -0.25) is 9.89 Å². The van der Waals surface area contributed by atoms with E-state index in [1.54, 1.807) is 13.1 Å². The summed E-state index contributed by atoms with van der Waals surface area (Å²) in [4.78, 5) is 9.21. The fraction of sp³-hybridized carbons (Fsp3) is 0.458. The van der Waals surface area contributed by atoms with Crippen LogP contribution < -0.4 is 10.6 Å². The van der Waals surface area contributed by atoms with Gasteiger partial charge in [0.1, 0.15) is 5.82 Å². The molecule has 0 bridgehead atoms. The molecule has 0 amide bonds. The number of guanidine groups is 1. The molecular weight excluding hydrogens is 377 g/mol. The highest BCUT2D eigenvalue weighted by atomic mass is 19.1. The van der Waals surface area contributed by atoms with Gasteiger partial charge in [-0.25, -0.2) is 4.39 Å². The van der Waals surface area contributed by atoms with Crippen molar-refractivity contribution in [3.8, 4) is 0 Å². The van der Waals surface area contributed by atoms with Crippen molar-refractivity contribution >= 4 is 5.96 Å². The maximum atomic E-state index is 13.7. The van der Waals surface area contributed by atoms with E-state index in [-0.39, 0.29) is 5.82 Å². The minimum absolute atomic E-state index is 0.158. The lowest BCUT2D eigenvalue weighted by Gasteiger charge is -2.20. The Labute approximate surface area is 180 Å². The molecule has 2 N–H and O–H groups in total. The Hall–Kier alpha value is -2.44. The number of hydrogen-bond acceptors (Lipinski definition) is 3. The summed E-state index contributed by atoms with van der Waals surface area (Å²) in [6, 6.07) is 15.7. The predicted molar refractivity (Wildman–Crippen MR) is 122 cm³/mol. The minimum Gasteiger partial charge on any atom is -0.356 e. The van der Waals surface area contributed by atoms with Gasteiger partial charge in [-0.05, 0) is 55.7 Å². The highest BCUT2D eigenvalue weighted by molar-refractivity contribution is 5.79. The number of aliphatic imine (C=N–C) groups is 1. The van der Waals surface area contributed by atoms with Crippen LogP contribution in [0.3, 0.4) is 0 Å². The van der Waals surface area contributed by atoms with Crippen molar-refractivity contribution in [3.63, 3.8) is 0 Å². The number of likely N-dealkylation sites (N-methyl/N-ethyl adjacent to an activating group) is 1. The molecule has 0 atom stereocenters. The summed E-state index contributed by atoms with van der Waals surface area (Å²) >= 11 is 0. The highest BCUT2D eigenvalue weighted by Crippen LogP contribution is 2.10. The Balaban J connectivity index is 1.41. The average molecular weight is 412 g/mol. The minimum atomic E-state index is -0.158. The number of benzene rings is 2. The summed E-state index contributed by atoms with van der Waals surface area (Å²) in [6.45, 7) is 6.98. The second-order valence-corrected chi connectivity index (χ2v) is 7.94. The van der Waals surface area contributed by atoms with E-state index in [0.717, 1.165) is 25.6 Å². The molecule has 1 aliphatic rings. The van der Waals surface area contributed by atoms with Gasteiger partial charge in [-0.15, -0.1) is 0 Å². The average Bonchev–Trinajstić information content (AvgIpc) is 2.97. The summed E-state index contributed by atoms with van der Waals surface area (Å²) in [7, 11) is 3.95. The van der Waals surface area contributed by atoms with E-state index in [9.17, 15) is 4.39 Å². The molecule has 5 nitrogen and oxygen atoms in total. The molecule has 1 heterocycles. The molecule has 0 spiro atoms. The van der Waals surface area contributed by atoms with Gasteiger partial charge in [0, 0.05) is 39.8 Å². The van der Waals surface area contributed by atoms with Gasteiger partial charge in [0.25, 0.3) is 0 Å². The smallest absolute Gasteiger partial charge is 0.191 e. The van der Waals surface area contributed by atoms with Gasteiger partial charge in [-0.2, -0.15) is 0 Å². The Morgan fingerprint density at radius 1 is 0.967 bits per heavy atom. The molecule has 0 saturated carbocycles. The van der Waals surface area contributed by atoms with E-state index in [2.05, 4.69) is 56.7 Å². The van der Waals surface area contributed by atoms with Crippen molar-refractivity contribution in [1.82, 2.24) is 20.4 Å². The first-order valence-corrected chi connectivity index (χ1v) is 10.8. The third-order valence-electron chi connectivity index (χ3n) is 5.57. The predicted octanol–water partition coefficient (Wildman–Crippen LogP) is 2.87. The maximum Gasteiger partial charge on any atom is 0.191 e. The standard InChI is InChI=1S/C24H34FN5/c1-26-24(27-13-12-22-6-3-4-7-23(22)25)28-18-20-8-10-21(11-9-20)19-30-15-5-14-29(2)16-17-30/h3-4,6-11H,5,12-19H2,1-2H3,(H2,26,27,28). The summed E-state index contributed by atoms with van der Waals surface area (Å²) in [5.74, 6) is 0.568. The van der Waals surface area contributed by atoms with E-state index in [0.29, 0.717) is 25.1 Å². The van der Waals surface area contributed by atoms with Crippen LogP contribution in [-0.2, 0) is 19.5 Å². The van der Waals surface area contributed by atoms with Crippen LogP contribution in [0.1, 0.15) is 23.1 Å². The number of hydrogen-bond donors (Lipinski definition) is 2. The lowest BCUT2D eigenvalue weighted by atomic mass is 10.1. The monoisotopic (exact) mass is 411 g/mol. The molecule has 1 fully saturated rings. The molecule has 2 aromatic carbocycles. The molecule has 0 aliphatic carbocycles. The quantitative estimate of drug-likeness (QED) is 0.543. The van der Waals surface area contributed by atoms with E-state index in [4.69, 9.17) is 0 Å². The van der Waals surface area contributed by atoms with Crippen LogP contribution in [0.4, 0.5) is 4.39 Å². The first kappa shape index (κ1) is 22.2. The van der Waals surface area contributed by atoms with Gasteiger partial charge in [0.2, 0.25) is 0 Å². The summed E-state index contributed by atoms with van der Waals surface area (Å²) < 4.78 is 13.7. The number of nitrogens with zero attached hydrogens (tertiary/aromatic N) is 3. The number of halogens is 1. The second kappa shape index (κ2) is 11.7. The van der Waals surface area contributed by atoms with Crippen LogP contribution in [0.2, 0.25) is 0 Å². The largest absolute Gasteiger partial charge is 0.356 e. The van der Waals surface area contributed by atoms with Crippen molar-refractivity contribution in [3.05, 3.63) is 71.0 Å². The first-order chi connectivity index (χ1) is 14.6. The molecule has 1 saturated heterocycles. The molecule has 30 heavy (non-hydrogen) atoms. The number of rotatable bonds is 7. The SMILES string of the molecule is CN=C(NCCc1ccccc1F)NCc1ccc(CN2CCCN(C)CC2)cc1. The zero-order valence-electron chi connectivity index (χ0n) is 18.2. The van der Waals surface area contributed by atoms with Crippen molar-refractivity contribution in [2.24, 2.45) is 4.99 Å². The summed E-state index contributed by atoms with van der Waals surface area (Å²) in [5.41, 5.74) is 3.29.